The molecule has 1 fully saturated rings. The average molecular weight is 418 g/mol. The first-order valence-corrected chi connectivity index (χ1v) is 11.1. The van der Waals surface area contributed by atoms with Crippen molar-refractivity contribution in [3.63, 3.8) is 0 Å². The van der Waals surface area contributed by atoms with E-state index in [1.807, 2.05) is 17.0 Å². The molecule has 0 aromatic heterocycles. The standard InChI is InChI=1S/C25H26N2O4/c1-15-24(29)26-21-14-18(8-9-22(21)31-15)23(28)17-10-12-27(13-11-17)25(30)20-7-3-5-16-4-2-6-19(16)20/h3,5,7-9,14-15,17H,2,4,6,10-13H2,1H3,(H,26,29). The maximum Gasteiger partial charge on any atom is 0.265 e. The van der Waals surface area contributed by atoms with E-state index in [2.05, 4.69) is 11.4 Å². The zero-order valence-corrected chi connectivity index (χ0v) is 17.6. The highest BCUT2D eigenvalue weighted by Crippen LogP contribution is 2.33. The number of ketones is 1. The monoisotopic (exact) mass is 418 g/mol. The van der Waals surface area contributed by atoms with Crippen LogP contribution < -0.4 is 10.1 Å². The largest absolute Gasteiger partial charge is 0.479 e. The number of fused-ring (bicyclic) bond motifs is 2. The minimum Gasteiger partial charge on any atom is -0.479 e. The van der Waals surface area contributed by atoms with Gasteiger partial charge in [-0.3, -0.25) is 14.4 Å². The molecule has 5 rings (SSSR count). The number of nitrogens with zero attached hydrogens (tertiary/aromatic N) is 1. The normalized spacial score (nSPS) is 20.5. The van der Waals surface area contributed by atoms with Crippen molar-refractivity contribution in [2.45, 2.75) is 45.1 Å². The van der Waals surface area contributed by atoms with Crippen molar-refractivity contribution < 1.29 is 19.1 Å². The molecule has 0 spiro atoms. The van der Waals surface area contributed by atoms with E-state index in [0.29, 0.717) is 42.9 Å². The molecule has 6 heteroatoms. The first-order chi connectivity index (χ1) is 15.0. The third kappa shape index (κ3) is 3.60. The Hall–Kier alpha value is -3.15. The second-order valence-corrected chi connectivity index (χ2v) is 8.69. The molecule has 0 bridgehead atoms. The second-order valence-electron chi connectivity index (χ2n) is 8.69. The molecule has 0 saturated carbocycles. The predicted molar refractivity (Wildman–Crippen MR) is 117 cm³/mol. The molecular weight excluding hydrogens is 392 g/mol. The van der Waals surface area contributed by atoms with Crippen molar-refractivity contribution >= 4 is 23.3 Å². The maximum absolute atomic E-state index is 13.1. The van der Waals surface area contributed by atoms with E-state index in [1.54, 1.807) is 25.1 Å². The molecule has 2 aromatic carbocycles. The fourth-order valence-electron chi connectivity index (χ4n) is 4.93. The van der Waals surface area contributed by atoms with Crippen LogP contribution in [0.15, 0.2) is 36.4 Å². The Morgan fingerprint density at radius 3 is 2.71 bits per heavy atom. The molecule has 6 nitrogen and oxygen atoms in total. The third-order valence-corrected chi connectivity index (χ3v) is 6.72. The molecular formula is C25H26N2O4. The summed E-state index contributed by atoms with van der Waals surface area (Å²) < 4.78 is 5.57. The molecule has 1 atom stereocenters. The number of benzene rings is 2. The van der Waals surface area contributed by atoms with Gasteiger partial charge in [-0.1, -0.05) is 12.1 Å². The van der Waals surface area contributed by atoms with Gasteiger partial charge in [-0.2, -0.15) is 0 Å². The van der Waals surface area contributed by atoms with Crippen LogP contribution in [-0.2, 0) is 17.6 Å². The summed E-state index contributed by atoms with van der Waals surface area (Å²) in [5.74, 6) is 0.397. The van der Waals surface area contributed by atoms with E-state index in [1.165, 1.54) is 11.1 Å². The number of carbonyl (C=O) groups is 3. The summed E-state index contributed by atoms with van der Waals surface area (Å²) in [7, 11) is 0. The molecule has 2 aliphatic heterocycles. The van der Waals surface area contributed by atoms with Crippen molar-refractivity contribution in [2.24, 2.45) is 5.92 Å². The summed E-state index contributed by atoms with van der Waals surface area (Å²) in [6, 6.07) is 11.2. The number of carbonyl (C=O) groups excluding carboxylic acids is 3. The molecule has 3 aliphatic rings. The van der Waals surface area contributed by atoms with Crippen molar-refractivity contribution in [1.82, 2.24) is 4.90 Å². The topological polar surface area (TPSA) is 75.7 Å². The molecule has 1 N–H and O–H groups in total. The van der Waals surface area contributed by atoms with Gasteiger partial charge in [-0.15, -0.1) is 0 Å². The van der Waals surface area contributed by atoms with E-state index in [4.69, 9.17) is 4.74 Å². The van der Waals surface area contributed by atoms with Crippen LogP contribution in [0.2, 0.25) is 0 Å². The van der Waals surface area contributed by atoms with Crippen molar-refractivity contribution in [3.8, 4) is 5.75 Å². The van der Waals surface area contributed by atoms with E-state index in [0.717, 1.165) is 24.8 Å². The van der Waals surface area contributed by atoms with Gasteiger partial charge >= 0.3 is 0 Å². The molecule has 160 valence electrons. The Morgan fingerprint density at radius 2 is 1.90 bits per heavy atom. The van der Waals surface area contributed by atoms with Gasteiger partial charge in [0.2, 0.25) is 0 Å². The molecule has 31 heavy (non-hydrogen) atoms. The van der Waals surface area contributed by atoms with Gasteiger partial charge < -0.3 is 15.0 Å². The van der Waals surface area contributed by atoms with E-state index in [9.17, 15) is 14.4 Å². The first kappa shape index (κ1) is 19.8. The van der Waals surface area contributed by atoms with Crippen molar-refractivity contribution in [1.29, 1.82) is 0 Å². The number of piperidine rings is 1. The van der Waals surface area contributed by atoms with Crippen LogP contribution >= 0.6 is 0 Å². The number of hydrogen-bond acceptors (Lipinski definition) is 4. The van der Waals surface area contributed by atoms with Gasteiger partial charge in [0, 0.05) is 30.1 Å². The lowest BCUT2D eigenvalue weighted by atomic mass is 9.88. The smallest absolute Gasteiger partial charge is 0.265 e. The number of rotatable bonds is 3. The lowest BCUT2D eigenvalue weighted by Crippen LogP contribution is -2.40. The van der Waals surface area contributed by atoms with Gasteiger partial charge in [0.05, 0.1) is 5.69 Å². The van der Waals surface area contributed by atoms with Gasteiger partial charge in [0.25, 0.3) is 11.8 Å². The average Bonchev–Trinajstić information content (AvgIpc) is 3.28. The Bertz CT molecular complexity index is 1070. The van der Waals surface area contributed by atoms with Crippen LogP contribution in [0.1, 0.15) is 58.0 Å². The van der Waals surface area contributed by atoms with Gasteiger partial charge in [0.1, 0.15) is 5.75 Å². The number of aryl methyl sites for hydroxylation is 1. The highest BCUT2D eigenvalue weighted by molar-refractivity contribution is 6.02. The number of likely N-dealkylation sites (tertiary alicyclic amines) is 1. The summed E-state index contributed by atoms with van der Waals surface area (Å²) in [4.78, 5) is 39.9. The van der Waals surface area contributed by atoms with E-state index >= 15 is 0 Å². The Labute approximate surface area is 181 Å². The summed E-state index contributed by atoms with van der Waals surface area (Å²) in [6.07, 6.45) is 3.90. The molecule has 2 heterocycles. The second kappa shape index (κ2) is 7.84. The minimum atomic E-state index is -0.540. The highest BCUT2D eigenvalue weighted by Gasteiger charge is 2.31. The predicted octanol–water partition coefficient (Wildman–Crippen LogP) is 3.63. The summed E-state index contributed by atoms with van der Waals surface area (Å²) in [5.41, 5.74) is 4.45. The molecule has 2 amide bonds. The lowest BCUT2D eigenvalue weighted by molar-refractivity contribution is -0.122. The van der Waals surface area contributed by atoms with Crippen LogP contribution in [0.25, 0.3) is 0 Å². The van der Waals surface area contributed by atoms with Crippen molar-refractivity contribution in [3.05, 3.63) is 58.7 Å². The molecule has 1 saturated heterocycles. The fourth-order valence-corrected chi connectivity index (χ4v) is 4.93. The zero-order chi connectivity index (χ0) is 21.5. The number of ether oxygens (including phenoxy) is 1. The Balaban J connectivity index is 1.25. The van der Waals surface area contributed by atoms with Gasteiger partial charge in [0.15, 0.2) is 11.9 Å². The number of amides is 2. The third-order valence-electron chi connectivity index (χ3n) is 6.72. The molecule has 1 unspecified atom stereocenters. The summed E-state index contributed by atoms with van der Waals surface area (Å²) in [5, 5.41) is 2.80. The van der Waals surface area contributed by atoms with Crippen LogP contribution in [-0.4, -0.2) is 41.7 Å². The number of anilines is 1. The van der Waals surface area contributed by atoms with Gasteiger partial charge in [-0.05, 0) is 74.4 Å². The maximum atomic E-state index is 13.1. The Kier molecular flexibility index (Phi) is 5.00. The lowest BCUT2D eigenvalue weighted by Gasteiger charge is -2.32. The van der Waals surface area contributed by atoms with E-state index < -0.39 is 6.10 Å². The molecule has 1 aliphatic carbocycles. The number of nitrogens with one attached hydrogen (secondary N) is 1. The zero-order valence-electron chi connectivity index (χ0n) is 17.6. The Morgan fingerprint density at radius 1 is 1.10 bits per heavy atom. The van der Waals surface area contributed by atoms with Crippen LogP contribution in [0, 0.1) is 5.92 Å². The van der Waals surface area contributed by atoms with Crippen molar-refractivity contribution in [2.75, 3.05) is 18.4 Å². The van der Waals surface area contributed by atoms with Crippen LogP contribution in [0.3, 0.4) is 0 Å². The van der Waals surface area contributed by atoms with Crippen LogP contribution in [0.5, 0.6) is 5.75 Å². The summed E-state index contributed by atoms with van der Waals surface area (Å²) in [6.45, 7) is 2.86. The quantitative estimate of drug-likeness (QED) is 0.773. The highest BCUT2D eigenvalue weighted by atomic mass is 16.5. The SMILES string of the molecule is CC1Oc2ccc(C(=O)C3CCN(C(=O)c4cccc5c4CCC5)CC3)cc2NC1=O. The fraction of sp³-hybridized carbons (Fsp3) is 0.400. The van der Waals surface area contributed by atoms with E-state index in [-0.39, 0.29) is 23.5 Å². The number of Topliss-reactive ketones (excluding diaryl/α,β-unsaturated/α-hetero) is 1. The molecule has 2 aromatic rings. The molecule has 0 radical (unpaired) electrons. The van der Waals surface area contributed by atoms with Crippen LogP contribution in [0.4, 0.5) is 5.69 Å². The van der Waals surface area contributed by atoms with Gasteiger partial charge in [-0.25, -0.2) is 0 Å². The number of hydrogen-bond donors (Lipinski definition) is 1. The summed E-state index contributed by atoms with van der Waals surface area (Å²) >= 11 is 0. The first-order valence-electron chi connectivity index (χ1n) is 11.1. The minimum absolute atomic E-state index is 0.0587.